The standard InChI is InChI=1S/C67H121N3O6P6S3/c1-10-79(73,63-26-16-14-17-27-63)48-39-69(44-53-84-8)41-50-81(75,12-3)66-31-21-23-59(56-66)58-33-35-62(36-34-58)77(5,71)46-37-68(43-52-83-7)38-47-78(6,72)65-30-20-24-60(55-65)61-25-22-32-67(57-61)82(76,13-4)51-42-70(45-54-85-9)40-49-80(74,11-2)64-28-18-15-19-29-64/h15,18-19,22,25,28-29,32,57-60,62-63,65-66H,10-14,16-17,20-21,23-24,26-27,30-31,33-56H2,1-9H3. The Morgan fingerprint density at radius 3 is 1.39 bits per heavy atom. The van der Waals surface area contributed by atoms with Crippen molar-refractivity contribution in [3.8, 4) is 0 Å². The van der Waals surface area contributed by atoms with E-state index in [-0.39, 0.29) is 11.3 Å². The minimum absolute atomic E-state index is 0.171. The predicted octanol–water partition coefficient (Wildman–Crippen LogP) is 17.6. The van der Waals surface area contributed by atoms with Crippen molar-refractivity contribution in [1.82, 2.24) is 14.7 Å². The quantitative estimate of drug-likeness (QED) is 0.0594. The molecule has 0 bridgehead atoms. The lowest BCUT2D eigenvalue weighted by Gasteiger charge is -2.41. The van der Waals surface area contributed by atoms with Gasteiger partial charge in [0, 0.05) is 159 Å². The minimum atomic E-state index is -2.70. The molecular weight excluding hydrogens is 1220 g/mol. The number of hydrogen-bond donors (Lipinski definition) is 0. The largest absolute Gasteiger partial charge is 0.324 e. The summed E-state index contributed by atoms with van der Waals surface area (Å²) < 4.78 is 88.3. The first-order chi connectivity index (χ1) is 40.7. The molecule has 10 atom stereocenters. The fraction of sp³-hybridized carbons (Fsp3) is 0.821. The first kappa shape index (κ1) is 74.8. The number of benzene rings is 2. The van der Waals surface area contributed by atoms with Gasteiger partial charge in [-0.15, -0.1) is 0 Å². The van der Waals surface area contributed by atoms with Gasteiger partial charge in [-0.2, -0.15) is 35.3 Å². The van der Waals surface area contributed by atoms with Crippen LogP contribution in [0.25, 0.3) is 0 Å². The van der Waals surface area contributed by atoms with E-state index in [0.717, 1.165) is 195 Å². The molecule has 0 aromatic heterocycles. The van der Waals surface area contributed by atoms with Gasteiger partial charge in [-0.3, -0.25) is 0 Å². The van der Waals surface area contributed by atoms with Crippen LogP contribution in [0.1, 0.15) is 148 Å². The highest BCUT2D eigenvalue weighted by Gasteiger charge is 2.42. The van der Waals surface area contributed by atoms with Gasteiger partial charge in [0.15, 0.2) is 0 Å². The van der Waals surface area contributed by atoms with Gasteiger partial charge in [-0.1, -0.05) is 115 Å². The van der Waals surface area contributed by atoms with Gasteiger partial charge >= 0.3 is 0 Å². The van der Waals surface area contributed by atoms with E-state index in [1.807, 2.05) is 72.5 Å². The molecule has 0 saturated heterocycles. The molecule has 0 heterocycles. The maximum Gasteiger partial charge on any atom is 0.116 e. The Bertz CT molecular complexity index is 2570. The first-order valence-corrected chi connectivity index (χ1v) is 51.4. The molecule has 85 heavy (non-hydrogen) atoms. The number of rotatable bonds is 39. The van der Waals surface area contributed by atoms with Gasteiger partial charge < -0.3 is 42.1 Å². The molecule has 4 saturated carbocycles. The molecule has 4 aliphatic rings. The molecule has 0 radical (unpaired) electrons. The molecule has 0 N–H and O–H groups in total. The number of nitrogens with zero attached hydrogens (tertiary/aromatic N) is 3. The predicted molar refractivity (Wildman–Crippen MR) is 389 cm³/mol. The Balaban J connectivity index is 0.983. The average Bonchev–Trinajstić information content (AvgIpc) is 3.68. The van der Waals surface area contributed by atoms with Gasteiger partial charge in [0.25, 0.3) is 0 Å². The van der Waals surface area contributed by atoms with Crippen molar-refractivity contribution in [3.05, 3.63) is 60.2 Å². The van der Waals surface area contributed by atoms with E-state index in [4.69, 9.17) is 0 Å². The summed E-state index contributed by atoms with van der Waals surface area (Å²) in [4.78, 5) is 7.43. The van der Waals surface area contributed by atoms with Crippen LogP contribution in [0.15, 0.2) is 54.6 Å². The van der Waals surface area contributed by atoms with Crippen molar-refractivity contribution in [1.29, 1.82) is 0 Å². The van der Waals surface area contributed by atoms with Crippen LogP contribution in [0.5, 0.6) is 0 Å². The van der Waals surface area contributed by atoms with Crippen LogP contribution in [0, 0.1) is 11.8 Å². The molecule has 0 aliphatic heterocycles. The molecular formula is C67H121N3O6P6S3. The van der Waals surface area contributed by atoms with E-state index in [9.17, 15) is 22.8 Å². The van der Waals surface area contributed by atoms with Crippen molar-refractivity contribution in [2.75, 3.05) is 170 Å². The minimum Gasteiger partial charge on any atom is -0.324 e. The molecule has 0 spiro atoms. The third-order valence-corrected chi connectivity index (χ3v) is 44.1. The maximum atomic E-state index is 15.1. The van der Waals surface area contributed by atoms with Gasteiger partial charge in [0.1, 0.15) is 14.3 Å². The molecule has 10 unspecified atom stereocenters. The Labute approximate surface area is 534 Å². The smallest absolute Gasteiger partial charge is 0.116 e. The normalized spacial score (nSPS) is 26.3. The summed E-state index contributed by atoms with van der Waals surface area (Å²) in [5.41, 5.74) is 2.44. The summed E-state index contributed by atoms with van der Waals surface area (Å²) in [6.45, 7) is 20.3. The Hall–Kier alpha value is 0.750. The fourth-order valence-electron chi connectivity index (χ4n) is 15.5. The second kappa shape index (κ2) is 37.0. The van der Waals surface area contributed by atoms with E-state index >= 15 is 4.57 Å². The van der Waals surface area contributed by atoms with E-state index in [2.05, 4.69) is 91.8 Å². The van der Waals surface area contributed by atoms with Gasteiger partial charge in [0.2, 0.25) is 0 Å². The van der Waals surface area contributed by atoms with Gasteiger partial charge in [-0.05, 0) is 144 Å². The lowest BCUT2D eigenvalue weighted by Crippen LogP contribution is -2.35. The third kappa shape index (κ3) is 22.5. The molecule has 488 valence electrons. The van der Waals surface area contributed by atoms with Crippen molar-refractivity contribution < 1.29 is 27.4 Å². The number of thioether (sulfide) groups is 3. The van der Waals surface area contributed by atoms with Crippen molar-refractivity contribution in [2.24, 2.45) is 11.8 Å². The average molecular weight is 1350 g/mol. The topological polar surface area (TPSA) is 112 Å². The molecule has 4 fully saturated rings. The van der Waals surface area contributed by atoms with Crippen molar-refractivity contribution in [3.63, 3.8) is 0 Å². The van der Waals surface area contributed by atoms with Crippen LogP contribution in [-0.4, -0.2) is 207 Å². The van der Waals surface area contributed by atoms with E-state index < -0.39 is 42.9 Å². The SMILES string of the molecule is CCP(=O)(CCN(CCSC)CCP(=O)(CC)c1cccc(C2CCCC(P(C)(=O)CCN(CCSC)CCP(C)(=O)C3CCC(C4CCCC(P(=O)(CC)CCN(CCSC)CCP(=O)(CC)C5CCCCC5)C4)CC3)C2)c1)c1ccccc1. The lowest BCUT2D eigenvalue weighted by molar-refractivity contribution is 0.197. The molecule has 18 heteroatoms. The van der Waals surface area contributed by atoms with Crippen LogP contribution in [0.4, 0.5) is 0 Å². The van der Waals surface area contributed by atoms with E-state index in [1.54, 1.807) is 0 Å². The summed E-state index contributed by atoms with van der Waals surface area (Å²) in [5.74, 6) is 4.62. The second-order valence-corrected chi connectivity index (χ2v) is 51.2. The highest BCUT2D eigenvalue weighted by molar-refractivity contribution is 7.99. The van der Waals surface area contributed by atoms with E-state index in [1.165, 1.54) is 37.7 Å². The first-order valence-electron chi connectivity index (χ1n) is 34.0. The third-order valence-electron chi connectivity index (χ3n) is 22.0. The zero-order chi connectivity index (χ0) is 61.6. The second-order valence-electron chi connectivity index (χ2n) is 27.0. The molecule has 2 aromatic carbocycles. The summed E-state index contributed by atoms with van der Waals surface area (Å²) >= 11 is 5.55. The highest BCUT2D eigenvalue weighted by atomic mass is 32.2. The Morgan fingerprint density at radius 2 is 0.859 bits per heavy atom. The zero-order valence-electron chi connectivity index (χ0n) is 55.0. The summed E-state index contributed by atoms with van der Waals surface area (Å²) in [6.07, 6.45) is 32.7. The van der Waals surface area contributed by atoms with Crippen LogP contribution in [0.3, 0.4) is 0 Å². The van der Waals surface area contributed by atoms with Gasteiger partial charge in [0.05, 0.1) is 28.6 Å². The molecule has 0 amide bonds. The van der Waals surface area contributed by atoms with Crippen LogP contribution in [0.2, 0.25) is 0 Å². The highest BCUT2D eigenvalue weighted by Crippen LogP contribution is 2.60. The molecule has 4 aliphatic carbocycles. The van der Waals surface area contributed by atoms with Crippen molar-refractivity contribution >= 4 is 88.7 Å². The number of hydrogen-bond acceptors (Lipinski definition) is 12. The van der Waals surface area contributed by atoms with Crippen molar-refractivity contribution in [2.45, 2.75) is 165 Å². The summed E-state index contributed by atoms with van der Waals surface area (Å²) in [7, 11) is -14.8. The Morgan fingerprint density at radius 1 is 0.400 bits per heavy atom. The fourth-order valence-corrected chi connectivity index (χ4v) is 32.5. The molecule has 6 rings (SSSR count). The van der Waals surface area contributed by atoms with Crippen LogP contribution in [-0.2, 0) is 27.4 Å². The summed E-state index contributed by atoms with van der Waals surface area (Å²) in [6, 6.07) is 18.7. The molecule has 2 aromatic rings. The maximum absolute atomic E-state index is 15.1. The van der Waals surface area contributed by atoms with E-state index in [0.29, 0.717) is 59.9 Å². The summed E-state index contributed by atoms with van der Waals surface area (Å²) in [5, 5.41) is 1.94. The Kier molecular flexibility index (Phi) is 32.6. The lowest BCUT2D eigenvalue weighted by atomic mass is 9.73. The zero-order valence-corrected chi connectivity index (χ0v) is 62.8. The van der Waals surface area contributed by atoms with Gasteiger partial charge in [-0.25, -0.2) is 0 Å². The monoisotopic (exact) mass is 1350 g/mol. The van der Waals surface area contributed by atoms with Crippen LogP contribution < -0.4 is 10.6 Å². The molecule has 9 nitrogen and oxygen atoms in total. The van der Waals surface area contributed by atoms with Crippen LogP contribution >= 0.6 is 78.1 Å².